The van der Waals surface area contributed by atoms with Gasteiger partial charge in [-0.3, -0.25) is 0 Å². The Morgan fingerprint density at radius 2 is 1.73 bits per heavy atom. The first-order chi connectivity index (χ1) is 4.77. The molecule has 0 unspecified atom stereocenters. The zero-order valence-corrected chi connectivity index (χ0v) is 8.85. The summed E-state index contributed by atoms with van der Waals surface area (Å²) in [7, 11) is 0. The third kappa shape index (κ3) is 13.2. The summed E-state index contributed by atoms with van der Waals surface area (Å²) in [5.74, 6) is 0. The van der Waals surface area contributed by atoms with Crippen LogP contribution in [0.1, 0.15) is 19.8 Å². The van der Waals surface area contributed by atoms with Crippen molar-refractivity contribution in [1.29, 1.82) is 0 Å². The van der Waals surface area contributed by atoms with Gasteiger partial charge in [0.15, 0.2) is 0 Å². The van der Waals surface area contributed by atoms with Crippen LogP contribution in [0.3, 0.4) is 0 Å². The van der Waals surface area contributed by atoms with Crippen LogP contribution < -0.4 is 0 Å². The van der Waals surface area contributed by atoms with E-state index in [4.69, 9.17) is 4.74 Å². The number of hydrogen-bond donors (Lipinski definition) is 0. The standard InChI is InChI=1S/C5H8.C4H8O.Mg/c1-4-5(2)3;1-2-4-5-3-1;/h4H,1-2H2,3H3;1-4H2;/q-2;;+2/b5-4+;;. The van der Waals surface area contributed by atoms with Crippen molar-refractivity contribution < 1.29 is 4.74 Å². The molecule has 2 heteroatoms. The molecule has 0 aromatic heterocycles. The molecule has 1 heterocycles. The summed E-state index contributed by atoms with van der Waals surface area (Å²) in [5.41, 5.74) is 1.02. The Morgan fingerprint density at radius 1 is 1.36 bits per heavy atom. The third-order valence-corrected chi connectivity index (χ3v) is 1.18. The smallest absolute Gasteiger partial charge is 0.381 e. The van der Waals surface area contributed by atoms with Crippen molar-refractivity contribution in [3.8, 4) is 0 Å². The van der Waals surface area contributed by atoms with Crippen LogP contribution in [0, 0.1) is 13.8 Å². The van der Waals surface area contributed by atoms with E-state index in [-0.39, 0.29) is 23.1 Å². The van der Waals surface area contributed by atoms with Gasteiger partial charge in [-0.2, -0.15) is 0 Å². The maximum absolute atomic E-state index is 4.94. The fraction of sp³-hybridized carbons (Fsp3) is 0.556. The van der Waals surface area contributed by atoms with E-state index >= 15 is 0 Å². The fourth-order valence-corrected chi connectivity index (χ4v) is 0.510. The summed E-state index contributed by atoms with van der Waals surface area (Å²) in [6, 6.07) is 0. The minimum Gasteiger partial charge on any atom is -0.381 e. The second-order valence-corrected chi connectivity index (χ2v) is 2.37. The molecule has 1 rings (SSSR count). The predicted octanol–water partition coefficient (Wildman–Crippen LogP) is 2.02. The molecular weight excluding hydrogens is 148 g/mol. The average Bonchev–Trinajstić information content (AvgIpc) is 2.43. The molecule has 0 atom stereocenters. The van der Waals surface area contributed by atoms with E-state index in [1.54, 1.807) is 6.08 Å². The number of ether oxygens (including phenoxy) is 1. The summed E-state index contributed by atoms with van der Waals surface area (Å²) < 4.78 is 4.94. The van der Waals surface area contributed by atoms with Crippen LogP contribution in [-0.2, 0) is 4.74 Å². The monoisotopic (exact) mass is 164 g/mol. The van der Waals surface area contributed by atoms with Crippen LogP contribution in [0.5, 0.6) is 0 Å². The molecule has 0 spiro atoms. The summed E-state index contributed by atoms with van der Waals surface area (Å²) in [5, 5.41) is 0. The normalized spacial score (nSPS) is 16.3. The molecule has 1 fully saturated rings. The molecule has 1 aliphatic heterocycles. The molecule has 1 aliphatic rings. The van der Waals surface area contributed by atoms with Crippen molar-refractivity contribution in [2.75, 3.05) is 13.2 Å². The second-order valence-electron chi connectivity index (χ2n) is 2.37. The number of hydrogen-bond acceptors (Lipinski definition) is 1. The van der Waals surface area contributed by atoms with Crippen LogP contribution in [-0.4, -0.2) is 36.3 Å². The van der Waals surface area contributed by atoms with E-state index in [9.17, 15) is 0 Å². The Morgan fingerprint density at radius 3 is 1.82 bits per heavy atom. The molecule has 0 N–H and O–H groups in total. The number of allylic oxidation sites excluding steroid dienone is 2. The maximum atomic E-state index is 4.94. The third-order valence-electron chi connectivity index (χ3n) is 1.18. The zero-order valence-electron chi connectivity index (χ0n) is 7.44. The molecule has 0 bridgehead atoms. The Bertz CT molecular complexity index is 84.1. The van der Waals surface area contributed by atoms with E-state index in [1.807, 2.05) is 6.92 Å². The molecule has 1 nitrogen and oxygen atoms in total. The molecule has 0 radical (unpaired) electrons. The van der Waals surface area contributed by atoms with Gasteiger partial charge in [0.25, 0.3) is 0 Å². The van der Waals surface area contributed by atoms with Gasteiger partial charge in [0.05, 0.1) is 0 Å². The molecule has 0 aromatic carbocycles. The largest absolute Gasteiger partial charge is 2.00 e. The van der Waals surface area contributed by atoms with Gasteiger partial charge in [0, 0.05) is 13.2 Å². The van der Waals surface area contributed by atoms with Gasteiger partial charge in [0.2, 0.25) is 0 Å². The molecule has 60 valence electrons. The van der Waals surface area contributed by atoms with Crippen LogP contribution in [0.25, 0.3) is 0 Å². The fourth-order valence-electron chi connectivity index (χ4n) is 0.510. The van der Waals surface area contributed by atoms with Crippen molar-refractivity contribution in [2.45, 2.75) is 19.8 Å². The van der Waals surface area contributed by atoms with Crippen molar-refractivity contribution in [1.82, 2.24) is 0 Å². The summed E-state index contributed by atoms with van der Waals surface area (Å²) in [6.45, 7) is 10.9. The molecular formula is C9H16MgO. The van der Waals surface area contributed by atoms with Crippen LogP contribution in [0.4, 0.5) is 0 Å². The van der Waals surface area contributed by atoms with Gasteiger partial charge >= 0.3 is 23.1 Å². The van der Waals surface area contributed by atoms with Crippen molar-refractivity contribution in [3.05, 3.63) is 25.5 Å². The van der Waals surface area contributed by atoms with Crippen LogP contribution >= 0.6 is 0 Å². The van der Waals surface area contributed by atoms with Gasteiger partial charge in [0.1, 0.15) is 0 Å². The quantitative estimate of drug-likeness (QED) is 0.393. The predicted molar refractivity (Wildman–Crippen MR) is 50.3 cm³/mol. The van der Waals surface area contributed by atoms with Crippen molar-refractivity contribution in [2.24, 2.45) is 0 Å². The molecule has 11 heavy (non-hydrogen) atoms. The van der Waals surface area contributed by atoms with Gasteiger partial charge < -0.3 is 30.2 Å². The molecule has 1 saturated heterocycles. The van der Waals surface area contributed by atoms with Crippen LogP contribution in [0.15, 0.2) is 11.6 Å². The first kappa shape index (κ1) is 13.8. The minimum atomic E-state index is 0. The minimum absolute atomic E-state index is 0. The van der Waals surface area contributed by atoms with Gasteiger partial charge in [-0.1, -0.05) is 0 Å². The zero-order chi connectivity index (χ0) is 7.82. The van der Waals surface area contributed by atoms with Crippen molar-refractivity contribution in [3.63, 3.8) is 0 Å². The average molecular weight is 165 g/mol. The Kier molecular flexibility index (Phi) is 12.8. The number of rotatable bonds is 0. The van der Waals surface area contributed by atoms with Gasteiger partial charge in [-0.15, -0.1) is 6.92 Å². The second kappa shape index (κ2) is 10.2. The van der Waals surface area contributed by atoms with Gasteiger partial charge in [-0.25, -0.2) is 0 Å². The first-order valence-electron chi connectivity index (χ1n) is 3.63. The van der Waals surface area contributed by atoms with E-state index in [0.29, 0.717) is 0 Å². The topological polar surface area (TPSA) is 9.23 Å². The summed E-state index contributed by atoms with van der Waals surface area (Å²) in [6.07, 6.45) is 4.28. The van der Waals surface area contributed by atoms with E-state index < -0.39 is 0 Å². The Hall–Kier alpha value is 0.206. The molecule has 0 amide bonds. The maximum Gasteiger partial charge on any atom is 2.00 e. The Labute approximate surface area is 86.4 Å². The molecule has 0 aromatic rings. The van der Waals surface area contributed by atoms with Gasteiger partial charge in [-0.05, 0) is 12.8 Å². The summed E-state index contributed by atoms with van der Waals surface area (Å²) in [4.78, 5) is 0. The van der Waals surface area contributed by atoms with E-state index in [1.165, 1.54) is 12.8 Å². The SMILES string of the molecule is C1CCOC1.[CH2-]/C=C(\[CH2-])C.[Mg+2]. The van der Waals surface area contributed by atoms with E-state index in [2.05, 4.69) is 13.8 Å². The molecule has 0 saturated carbocycles. The summed E-state index contributed by atoms with van der Waals surface area (Å²) >= 11 is 0. The Balaban J connectivity index is 0. The first-order valence-corrected chi connectivity index (χ1v) is 3.63. The van der Waals surface area contributed by atoms with Crippen molar-refractivity contribution >= 4 is 23.1 Å². The van der Waals surface area contributed by atoms with Crippen LogP contribution in [0.2, 0.25) is 0 Å². The molecule has 0 aliphatic carbocycles. The van der Waals surface area contributed by atoms with E-state index in [0.717, 1.165) is 18.8 Å².